The molecule has 10 heteroatoms. The van der Waals surface area contributed by atoms with Crippen molar-refractivity contribution in [3.8, 4) is 0 Å². The Morgan fingerprint density at radius 1 is 0.722 bits per heavy atom. The minimum Gasteiger partial charge on any atom is -0.397 e. The second-order valence-electron chi connectivity index (χ2n) is 4.04. The summed E-state index contributed by atoms with van der Waals surface area (Å²) in [5.41, 5.74) is 0. The molecule has 18 heavy (non-hydrogen) atoms. The summed E-state index contributed by atoms with van der Waals surface area (Å²) in [6.07, 6.45) is -0.183. The largest absolute Gasteiger partial charge is 0.489 e. The summed E-state index contributed by atoms with van der Waals surface area (Å²) in [7, 11) is -2.46. The molecule has 0 aliphatic rings. The zero-order valence-electron chi connectivity index (χ0n) is 12.1. The minimum atomic E-state index is -2.99. The van der Waals surface area contributed by atoms with Gasteiger partial charge in [-0.05, 0) is 6.55 Å². The Bertz CT molecular complexity index is 225. The topological polar surface area (TPSA) is 75.6 Å². The van der Waals surface area contributed by atoms with Gasteiger partial charge in [-0.1, -0.05) is 0 Å². The maximum absolute atomic E-state index is 9.33. The van der Waals surface area contributed by atoms with Crippen LogP contribution in [0.1, 0.15) is 0 Å². The number of hydrogen-bond donors (Lipinski definition) is 1. The normalized spacial score (nSPS) is 19.3. The highest BCUT2D eigenvalue weighted by Gasteiger charge is 2.50. The second kappa shape index (κ2) is 7.23. The molecule has 0 spiro atoms. The maximum Gasteiger partial charge on any atom is 0.489 e. The first kappa shape index (κ1) is 18.4. The summed E-state index contributed by atoms with van der Waals surface area (Å²) < 4.78 is 32.7. The lowest BCUT2D eigenvalue weighted by Gasteiger charge is -2.37. The molecule has 0 amide bonds. The number of rotatable bonds is 9. The van der Waals surface area contributed by atoms with Crippen molar-refractivity contribution >= 4 is 26.2 Å². The molecule has 0 aliphatic carbocycles. The average molecular weight is 317 g/mol. The van der Waals surface area contributed by atoms with Crippen molar-refractivity contribution in [2.45, 2.75) is 19.6 Å². The third kappa shape index (κ3) is 5.16. The average Bonchev–Trinajstić information content (AvgIpc) is 2.38. The van der Waals surface area contributed by atoms with Gasteiger partial charge in [0.05, 0.1) is 6.23 Å². The fourth-order valence-corrected chi connectivity index (χ4v) is 9.73. The Hall–Kier alpha value is 0.371. The van der Waals surface area contributed by atoms with Crippen molar-refractivity contribution < 1.29 is 31.0 Å². The van der Waals surface area contributed by atoms with Crippen LogP contribution in [0.15, 0.2) is 0 Å². The Morgan fingerprint density at radius 3 is 1.44 bits per heavy atom. The van der Waals surface area contributed by atoms with Gasteiger partial charge in [-0.3, -0.25) is 0 Å². The summed E-state index contributed by atoms with van der Waals surface area (Å²) in [6.45, 7) is 5.20. The summed E-state index contributed by atoms with van der Waals surface area (Å²) in [5, 5.41) is 9.33. The van der Waals surface area contributed by atoms with Gasteiger partial charge in [0.1, 0.15) is 0 Å². The predicted molar refractivity (Wildman–Crippen MR) is 72.1 cm³/mol. The van der Waals surface area contributed by atoms with Crippen LogP contribution in [-0.2, 0) is 25.9 Å². The molecule has 0 aromatic rings. The first-order chi connectivity index (χ1) is 8.22. The van der Waals surface area contributed by atoms with E-state index in [4.69, 9.17) is 25.9 Å². The second-order valence-corrected chi connectivity index (χ2v) is 13.3. The Balaban J connectivity index is 4.91. The highest BCUT2D eigenvalue weighted by atomic mass is 28.5. The van der Waals surface area contributed by atoms with E-state index in [9.17, 15) is 5.11 Å². The molecule has 0 rings (SSSR count). The molecule has 0 saturated heterocycles. The number of aliphatic hydroxyl groups excluding tert-OH is 1. The van der Waals surface area contributed by atoms with Crippen molar-refractivity contribution in [1.29, 1.82) is 0 Å². The van der Waals surface area contributed by atoms with Crippen LogP contribution < -0.4 is 0 Å². The zero-order valence-corrected chi connectivity index (χ0v) is 15.1. The van der Waals surface area contributed by atoms with Gasteiger partial charge in [0.15, 0.2) is 0 Å². The van der Waals surface area contributed by atoms with Crippen molar-refractivity contribution in [2.24, 2.45) is 0 Å². The Labute approximate surface area is 112 Å². The molecule has 0 aliphatic heterocycles. The highest BCUT2D eigenvalue weighted by Crippen LogP contribution is 2.21. The molecule has 0 aromatic heterocycles. The maximum atomic E-state index is 9.33. The molecular formula is C8H24O7Si3. The highest BCUT2D eigenvalue weighted by molar-refractivity contribution is 6.81. The van der Waals surface area contributed by atoms with E-state index in [0.29, 0.717) is 0 Å². The van der Waals surface area contributed by atoms with E-state index >= 15 is 0 Å². The molecule has 0 radical (unpaired) electrons. The van der Waals surface area contributed by atoms with E-state index in [0.717, 1.165) is 0 Å². The number of hydrogen-bond acceptors (Lipinski definition) is 7. The van der Waals surface area contributed by atoms with Gasteiger partial charge in [0, 0.05) is 41.5 Å². The SMILES string of the molecule is CO[Si](C)(CO)O[Si](C)(OC)O[Si](C)(OC)OC. The standard InChI is InChI=1S/C8H24O7Si3/c1-10-16(5,8-9)14-18(7,13-4)15-17(6,11-2)12-3/h9H,8H2,1-7H3. The molecule has 0 aromatic carbocycles. The first-order valence-corrected chi connectivity index (χ1v) is 12.4. The van der Waals surface area contributed by atoms with Crippen LogP contribution in [0, 0.1) is 0 Å². The summed E-state index contributed by atoms with van der Waals surface area (Å²) in [5.74, 6) is 0. The van der Waals surface area contributed by atoms with Crippen LogP contribution in [0.25, 0.3) is 0 Å². The third-order valence-corrected chi connectivity index (χ3v) is 12.4. The lowest BCUT2D eigenvalue weighted by atomic mass is 11.7. The van der Waals surface area contributed by atoms with Gasteiger partial charge >= 0.3 is 26.2 Å². The van der Waals surface area contributed by atoms with Gasteiger partial charge in [-0.15, -0.1) is 0 Å². The minimum absolute atomic E-state index is 0.183. The Morgan fingerprint density at radius 2 is 1.17 bits per heavy atom. The summed E-state index contributed by atoms with van der Waals surface area (Å²) in [4.78, 5) is 0. The van der Waals surface area contributed by atoms with Crippen molar-refractivity contribution in [1.82, 2.24) is 0 Å². The van der Waals surface area contributed by atoms with Crippen molar-refractivity contribution in [3.63, 3.8) is 0 Å². The van der Waals surface area contributed by atoms with Gasteiger partial charge in [-0.25, -0.2) is 0 Å². The van der Waals surface area contributed by atoms with E-state index < -0.39 is 26.2 Å². The van der Waals surface area contributed by atoms with Gasteiger partial charge < -0.3 is 31.0 Å². The monoisotopic (exact) mass is 316 g/mol. The quantitative estimate of drug-likeness (QED) is 0.615. The van der Waals surface area contributed by atoms with Crippen LogP contribution in [0.3, 0.4) is 0 Å². The smallest absolute Gasteiger partial charge is 0.397 e. The van der Waals surface area contributed by atoms with Crippen LogP contribution in [0.2, 0.25) is 19.6 Å². The molecule has 7 nitrogen and oxygen atoms in total. The number of aliphatic hydroxyl groups is 1. The fourth-order valence-electron chi connectivity index (χ4n) is 1.14. The van der Waals surface area contributed by atoms with Crippen molar-refractivity contribution in [3.05, 3.63) is 0 Å². The molecule has 2 atom stereocenters. The van der Waals surface area contributed by atoms with Crippen molar-refractivity contribution in [2.75, 3.05) is 34.7 Å². The van der Waals surface area contributed by atoms with E-state index in [1.807, 2.05) is 0 Å². The predicted octanol–water partition coefficient (Wildman–Crippen LogP) is 0.346. The van der Waals surface area contributed by atoms with Crippen LogP contribution in [0.4, 0.5) is 0 Å². The van der Waals surface area contributed by atoms with Gasteiger partial charge in [-0.2, -0.15) is 0 Å². The Kier molecular flexibility index (Phi) is 7.38. The molecular weight excluding hydrogens is 292 g/mol. The van der Waals surface area contributed by atoms with E-state index in [1.165, 1.54) is 28.4 Å². The van der Waals surface area contributed by atoms with Crippen LogP contribution >= 0.6 is 0 Å². The summed E-state index contributed by atoms with van der Waals surface area (Å²) >= 11 is 0. The molecule has 0 fully saturated rings. The molecule has 0 saturated carbocycles. The summed E-state index contributed by atoms with van der Waals surface area (Å²) in [6, 6.07) is 0. The molecule has 2 unspecified atom stereocenters. The van der Waals surface area contributed by atoms with E-state index in [2.05, 4.69) is 0 Å². The van der Waals surface area contributed by atoms with E-state index in [1.54, 1.807) is 19.6 Å². The first-order valence-electron chi connectivity index (χ1n) is 5.44. The molecule has 0 bridgehead atoms. The fraction of sp³-hybridized carbons (Fsp3) is 1.00. The lowest BCUT2D eigenvalue weighted by Crippen LogP contribution is -2.60. The van der Waals surface area contributed by atoms with Crippen LogP contribution in [0.5, 0.6) is 0 Å². The molecule has 0 heterocycles. The molecule has 1 N–H and O–H groups in total. The molecule has 110 valence electrons. The van der Waals surface area contributed by atoms with E-state index in [-0.39, 0.29) is 6.23 Å². The van der Waals surface area contributed by atoms with Crippen LogP contribution in [-0.4, -0.2) is 65.9 Å². The lowest BCUT2D eigenvalue weighted by molar-refractivity contribution is 0.100. The third-order valence-electron chi connectivity index (χ3n) is 2.60. The van der Waals surface area contributed by atoms with Gasteiger partial charge in [0.2, 0.25) is 0 Å². The van der Waals surface area contributed by atoms with Gasteiger partial charge in [0.25, 0.3) is 0 Å². The zero-order chi connectivity index (χ0) is 14.4.